The highest BCUT2D eigenvalue weighted by Crippen LogP contribution is 2.30. The lowest BCUT2D eigenvalue weighted by Gasteiger charge is -2.36. The zero-order valence-electron chi connectivity index (χ0n) is 13.4. The second-order valence-corrected chi connectivity index (χ2v) is 6.70. The number of carboxylic acids is 1. The first kappa shape index (κ1) is 15.8. The van der Waals surface area contributed by atoms with E-state index in [9.17, 15) is 14.7 Å². The molecule has 5 nitrogen and oxygen atoms in total. The second-order valence-electron chi connectivity index (χ2n) is 6.70. The van der Waals surface area contributed by atoms with E-state index < -0.39 is 11.9 Å². The van der Waals surface area contributed by atoms with Gasteiger partial charge in [0.1, 0.15) is 5.75 Å². The molecule has 5 heteroatoms. The summed E-state index contributed by atoms with van der Waals surface area (Å²) in [5.41, 5.74) is 0.585. The fourth-order valence-electron chi connectivity index (χ4n) is 2.95. The number of likely N-dealkylation sites (tertiary alicyclic amines) is 1. The molecule has 0 aromatic heterocycles. The molecule has 124 valence electrons. The molecule has 1 saturated heterocycles. The lowest BCUT2D eigenvalue weighted by atomic mass is 9.93. The van der Waals surface area contributed by atoms with Crippen LogP contribution >= 0.6 is 0 Å². The normalized spacial score (nSPS) is 24.3. The van der Waals surface area contributed by atoms with Gasteiger partial charge >= 0.3 is 5.97 Å². The average molecular weight is 317 g/mol. The van der Waals surface area contributed by atoms with E-state index in [1.165, 1.54) is 12.8 Å². The Morgan fingerprint density at radius 3 is 2.48 bits per heavy atom. The minimum atomic E-state index is -0.821. The van der Waals surface area contributed by atoms with E-state index in [1.54, 1.807) is 17.0 Å². The molecule has 1 aromatic carbocycles. The number of carboxylic acid groups (broad SMARTS) is 1. The number of carbonyl (C=O) groups is 2. The number of hydrogen-bond donors (Lipinski definition) is 1. The predicted molar refractivity (Wildman–Crippen MR) is 85.5 cm³/mol. The maximum absolute atomic E-state index is 12.7. The van der Waals surface area contributed by atoms with Crippen LogP contribution in [0.4, 0.5) is 0 Å². The molecule has 2 aliphatic rings. The van der Waals surface area contributed by atoms with Crippen LogP contribution in [0.3, 0.4) is 0 Å². The van der Waals surface area contributed by atoms with Crippen molar-refractivity contribution in [1.82, 2.24) is 4.90 Å². The van der Waals surface area contributed by atoms with Gasteiger partial charge in [0.25, 0.3) is 5.91 Å². The SMILES string of the molecule is CC1CCC(C(=O)O)CN1C(=O)c1ccc(OCC2CC2)cc1. The van der Waals surface area contributed by atoms with Crippen molar-refractivity contribution in [3.63, 3.8) is 0 Å². The van der Waals surface area contributed by atoms with E-state index in [2.05, 4.69) is 0 Å². The van der Waals surface area contributed by atoms with E-state index in [1.807, 2.05) is 19.1 Å². The van der Waals surface area contributed by atoms with Crippen LogP contribution < -0.4 is 4.74 Å². The van der Waals surface area contributed by atoms with Gasteiger partial charge < -0.3 is 14.7 Å². The van der Waals surface area contributed by atoms with Crippen molar-refractivity contribution in [3.8, 4) is 5.75 Å². The van der Waals surface area contributed by atoms with Crippen LogP contribution in [0.2, 0.25) is 0 Å². The molecule has 23 heavy (non-hydrogen) atoms. The van der Waals surface area contributed by atoms with Crippen LogP contribution in [0, 0.1) is 11.8 Å². The number of piperidine rings is 1. The Balaban J connectivity index is 1.64. The van der Waals surface area contributed by atoms with Crippen molar-refractivity contribution in [2.75, 3.05) is 13.2 Å². The van der Waals surface area contributed by atoms with Crippen LogP contribution in [-0.4, -0.2) is 41.1 Å². The maximum Gasteiger partial charge on any atom is 0.308 e. The number of aliphatic carboxylic acids is 1. The molecule has 1 aliphatic heterocycles. The maximum atomic E-state index is 12.7. The summed E-state index contributed by atoms with van der Waals surface area (Å²) in [6, 6.07) is 7.24. The van der Waals surface area contributed by atoms with Gasteiger partial charge in [0, 0.05) is 18.2 Å². The first-order valence-electron chi connectivity index (χ1n) is 8.31. The number of hydrogen-bond acceptors (Lipinski definition) is 3. The van der Waals surface area contributed by atoms with Gasteiger partial charge in [0.2, 0.25) is 0 Å². The molecule has 2 unspecified atom stereocenters. The van der Waals surface area contributed by atoms with Crippen molar-refractivity contribution < 1.29 is 19.4 Å². The third kappa shape index (κ3) is 3.84. The van der Waals surface area contributed by atoms with Gasteiger partial charge in [-0.25, -0.2) is 0 Å². The van der Waals surface area contributed by atoms with E-state index >= 15 is 0 Å². The fourth-order valence-corrected chi connectivity index (χ4v) is 2.95. The minimum Gasteiger partial charge on any atom is -0.493 e. The molecule has 2 fully saturated rings. The molecule has 3 rings (SSSR count). The van der Waals surface area contributed by atoms with Crippen LogP contribution in [0.5, 0.6) is 5.75 Å². The van der Waals surface area contributed by atoms with Crippen LogP contribution in [0.15, 0.2) is 24.3 Å². The zero-order valence-corrected chi connectivity index (χ0v) is 13.4. The van der Waals surface area contributed by atoms with Gasteiger partial charge in [0.05, 0.1) is 12.5 Å². The van der Waals surface area contributed by atoms with E-state index in [-0.39, 0.29) is 18.5 Å². The quantitative estimate of drug-likeness (QED) is 0.907. The molecular weight excluding hydrogens is 294 g/mol. The van der Waals surface area contributed by atoms with Crippen LogP contribution in [0.25, 0.3) is 0 Å². The van der Waals surface area contributed by atoms with Crippen LogP contribution in [-0.2, 0) is 4.79 Å². The lowest BCUT2D eigenvalue weighted by Crippen LogP contribution is -2.47. The molecule has 0 radical (unpaired) electrons. The zero-order chi connectivity index (χ0) is 16.4. The number of nitrogens with zero attached hydrogens (tertiary/aromatic N) is 1. The number of ether oxygens (including phenoxy) is 1. The van der Waals surface area contributed by atoms with Gasteiger partial charge in [-0.3, -0.25) is 9.59 Å². The third-order valence-electron chi connectivity index (χ3n) is 4.78. The Kier molecular flexibility index (Phi) is 4.55. The van der Waals surface area contributed by atoms with Gasteiger partial charge in [-0.1, -0.05) is 0 Å². The summed E-state index contributed by atoms with van der Waals surface area (Å²) < 4.78 is 5.68. The summed E-state index contributed by atoms with van der Waals surface area (Å²) >= 11 is 0. The van der Waals surface area contributed by atoms with Crippen molar-refractivity contribution in [3.05, 3.63) is 29.8 Å². The molecule has 0 bridgehead atoms. The van der Waals surface area contributed by atoms with Gasteiger partial charge in [-0.2, -0.15) is 0 Å². The Bertz CT molecular complexity index is 579. The number of amides is 1. The predicted octanol–water partition coefficient (Wildman–Crippen LogP) is 2.80. The summed E-state index contributed by atoms with van der Waals surface area (Å²) in [6.07, 6.45) is 3.85. The van der Waals surface area contributed by atoms with Crippen molar-refractivity contribution in [2.24, 2.45) is 11.8 Å². The molecule has 1 heterocycles. The topological polar surface area (TPSA) is 66.8 Å². The Hall–Kier alpha value is -2.04. The van der Waals surface area contributed by atoms with E-state index in [0.717, 1.165) is 18.8 Å². The minimum absolute atomic E-state index is 0.0730. The summed E-state index contributed by atoms with van der Waals surface area (Å²) in [6.45, 7) is 3.01. The van der Waals surface area contributed by atoms with Crippen LogP contribution in [0.1, 0.15) is 43.0 Å². The average Bonchev–Trinajstić information content (AvgIpc) is 3.37. The standard InChI is InChI=1S/C18H23NO4/c1-12-2-5-15(18(21)22)10-19(12)17(20)14-6-8-16(9-7-14)23-11-13-3-4-13/h6-9,12-13,15H,2-5,10-11H2,1H3,(H,21,22). The lowest BCUT2D eigenvalue weighted by molar-refractivity contribution is -0.143. The molecule has 2 atom stereocenters. The molecule has 1 N–H and O–H groups in total. The molecule has 1 aliphatic carbocycles. The third-order valence-corrected chi connectivity index (χ3v) is 4.78. The Labute approximate surface area is 136 Å². The first-order chi connectivity index (χ1) is 11.0. The number of carbonyl (C=O) groups excluding carboxylic acids is 1. The summed E-state index contributed by atoms with van der Waals surface area (Å²) in [4.78, 5) is 25.5. The Morgan fingerprint density at radius 1 is 1.17 bits per heavy atom. The monoisotopic (exact) mass is 317 g/mol. The molecule has 1 aromatic rings. The van der Waals surface area contributed by atoms with Crippen molar-refractivity contribution in [1.29, 1.82) is 0 Å². The summed E-state index contributed by atoms with van der Waals surface area (Å²) in [5.74, 6) is 0.0917. The molecule has 1 saturated carbocycles. The molecule has 0 spiro atoms. The smallest absolute Gasteiger partial charge is 0.308 e. The first-order valence-corrected chi connectivity index (χ1v) is 8.31. The van der Waals surface area contributed by atoms with Gasteiger partial charge in [-0.15, -0.1) is 0 Å². The molecular formula is C18H23NO4. The van der Waals surface area contributed by atoms with Crippen molar-refractivity contribution in [2.45, 2.75) is 38.6 Å². The Morgan fingerprint density at radius 2 is 1.87 bits per heavy atom. The van der Waals surface area contributed by atoms with E-state index in [4.69, 9.17) is 4.74 Å². The van der Waals surface area contributed by atoms with Gasteiger partial charge in [0.15, 0.2) is 0 Å². The number of benzene rings is 1. The number of rotatable bonds is 5. The van der Waals surface area contributed by atoms with E-state index in [0.29, 0.717) is 17.9 Å². The summed E-state index contributed by atoms with van der Waals surface area (Å²) in [7, 11) is 0. The highest BCUT2D eigenvalue weighted by molar-refractivity contribution is 5.95. The van der Waals surface area contributed by atoms with Gasteiger partial charge in [-0.05, 0) is 62.8 Å². The molecule has 1 amide bonds. The largest absolute Gasteiger partial charge is 0.493 e. The fraction of sp³-hybridized carbons (Fsp3) is 0.556. The summed E-state index contributed by atoms with van der Waals surface area (Å²) in [5, 5.41) is 9.19. The van der Waals surface area contributed by atoms with Crippen molar-refractivity contribution >= 4 is 11.9 Å². The highest BCUT2D eigenvalue weighted by atomic mass is 16.5. The second kappa shape index (κ2) is 6.60. The highest BCUT2D eigenvalue weighted by Gasteiger charge is 2.32.